The van der Waals surface area contributed by atoms with Gasteiger partial charge in [-0.15, -0.1) is 0 Å². The van der Waals surface area contributed by atoms with E-state index in [1.165, 1.54) is 6.42 Å². The number of hydrogen-bond acceptors (Lipinski definition) is 0. The van der Waals surface area contributed by atoms with Gasteiger partial charge in [0, 0.05) is 0 Å². The molecule has 0 spiro atoms. The van der Waals surface area contributed by atoms with Crippen molar-refractivity contribution >= 4 is 0 Å². The predicted octanol–water partition coefficient (Wildman–Crippen LogP) is 5.13. The molecular formula is C17H30. The molecule has 0 saturated heterocycles. The summed E-state index contributed by atoms with van der Waals surface area (Å²) in [6.45, 7) is 12.5. The summed E-state index contributed by atoms with van der Waals surface area (Å²) in [7, 11) is 0. The van der Waals surface area contributed by atoms with Crippen LogP contribution in [0.3, 0.4) is 0 Å². The molecule has 5 atom stereocenters. The molecule has 0 radical (unpaired) electrons. The van der Waals surface area contributed by atoms with Crippen LogP contribution in [0.4, 0.5) is 0 Å². The highest BCUT2D eigenvalue weighted by molar-refractivity contribution is 5.12. The molecule has 0 aromatic heterocycles. The Kier molecular flexibility index (Phi) is 2.49. The van der Waals surface area contributed by atoms with Crippen LogP contribution in [0.5, 0.6) is 0 Å². The molecule has 0 amide bonds. The maximum atomic E-state index is 2.52. The Labute approximate surface area is 108 Å². The first kappa shape index (κ1) is 12.1. The van der Waals surface area contributed by atoms with Gasteiger partial charge in [-0.05, 0) is 72.5 Å². The summed E-state index contributed by atoms with van der Waals surface area (Å²) in [6, 6.07) is 0. The molecule has 17 heavy (non-hydrogen) atoms. The third kappa shape index (κ3) is 1.36. The fourth-order valence-electron chi connectivity index (χ4n) is 6.62. The van der Waals surface area contributed by atoms with E-state index in [0.29, 0.717) is 10.8 Å². The summed E-state index contributed by atoms with van der Waals surface area (Å²) in [5.74, 6) is 5.25. The van der Waals surface area contributed by atoms with Gasteiger partial charge < -0.3 is 0 Å². The molecule has 0 aliphatic heterocycles. The lowest BCUT2D eigenvalue weighted by Crippen LogP contribution is -2.46. The van der Waals surface area contributed by atoms with E-state index in [4.69, 9.17) is 0 Å². The molecule has 2 bridgehead atoms. The van der Waals surface area contributed by atoms with Gasteiger partial charge in [-0.2, -0.15) is 0 Å². The summed E-state index contributed by atoms with van der Waals surface area (Å²) in [5, 5.41) is 0. The maximum absolute atomic E-state index is 2.52. The molecule has 0 nitrogen and oxygen atoms in total. The highest BCUT2D eigenvalue weighted by Crippen LogP contribution is 2.71. The van der Waals surface area contributed by atoms with Crippen molar-refractivity contribution in [3.63, 3.8) is 0 Å². The Bertz CT molecular complexity index is 308. The molecule has 3 aliphatic carbocycles. The Balaban J connectivity index is 2.01. The highest BCUT2D eigenvalue weighted by atomic mass is 14.7. The minimum Gasteiger partial charge on any atom is -0.0622 e. The van der Waals surface area contributed by atoms with E-state index in [1.54, 1.807) is 25.7 Å². The van der Waals surface area contributed by atoms with Gasteiger partial charge in [-0.25, -0.2) is 0 Å². The highest BCUT2D eigenvalue weighted by Gasteiger charge is 2.63. The van der Waals surface area contributed by atoms with E-state index in [0.717, 1.165) is 29.6 Å². The lowest BCUT2D eigenvalue weighted by molar-refractivity contribution is -0.0411. The van der Waals surface area contributed by atoms with Crippen LogP contribution in [0.1, 0.15) is 66.7 Å². The smallest absolute Gasteiger partial charge is 0.0192 e. The van der Waals surface area contributed by atoms with Crippen molar-refractivity contribution in [3.8, 4) is 0 Å². The van der Waals surface area contributed by atoms with Crippen molar-refractivity contribution in [1.29, 1.82) is 0 Å². The van der Waals surface area contributed by atoms with Gasteiger partial charge >= 0.3 is 0 Å². The third-order valence-corrected chi connectivity index (χ3v) is 7.00. The molecule has 5 unspecified atom stereocenters. The quantitative estimate of drug-likeness (QED) is 0.590. The molecular weight excluding hydrogens is 204 g/mol. The van der Waals surface area contributed by atoms with Crippen LogP contribution in [-0.4, -0.2) is 0 Å². The van der Waals surface area contributed by atoms with Gasteiger partial charge in [0.1, 0.15) is 0 Å². The average molecular weight is 234 g/mol. The SMILES string of the molecule is CC(C)C1(C(C)(C)C)CCC2C3CCC(C3)C21. The summed E-state index contributed by atoms with van der Waals surface area (Å²) in [4.78, 5) is 0. The Morgan fingerprint density at radius 1 is 1.00 bits per heavy atom. The number of rotatable bonds is 1. The topological polar surface area (TPSA) is 0 Å². The molecule has 0 heterocycles. The van der Waals surface area contributed by atoms with Crippen LogP contribution in [0.2, 0.25) is 0 Å². The second-order valence-electron chi connectivity index (χ2n) is 8.51. The monoisotopic (exact) mass is 234 g/mol. The van der Waals surface area contributed by atoms with Gasteiger partial charge in [0.2, 0.25) is 0 Å². The molecule has 0 N–H and O–H groups in total. The Hall–Kier alpha value is 0. The van der Waals surface area contributed by atoms with Crippen molar-refractivity contribution in [2.75, 3.05) is 0 Å². The zero-order valence-corrected chi connectivity index (χ0v) is 12.4. The fraction of sp³-hybridized carbons (Fsp3) is 1.00. The van der Waals surface area contributed by atoms with E-state index in [-0.39, 0.29) is 0 Å². The Morgan fingerprint density at radius 3 is 2.24 bits per heavy atom. The minimum atomic E-state index is 0.491. The van der Waals surface area contributed by atoms with Gasteiger partial charge in [0.05, 0.1) is 0 Å². The minimum absolute atomic E-state index is 0.491. The first-order valence-corrected chi connectivity index (χ1v) is 7.88. The second kappa shape index (κ2) is 3.52. The van der Waals surface area contributed by atoms with Crippen LogP contribution in [0, 0.1) is 40.4 Å². The number of hydrogen-bond donors (Lipinski definition) is 0. The Morgan fingerprint density at radius 2 is 1.65 bits per heavy atom. The van der Waals surface area contributed by atoms with Crippen LogP contribution in [-0.2, 0) is 0 Å². The van der Waals surface area contributed by atoms with Crippen LogP contribution in [0.15, 0.2) is 0 Å². The summed E-state index contributed by atoms with van der Waals surface area (Å²) in [6.07, 6.45) is 7.75. The van der Waals surface area contributed by atoms with E-state index >= 15 is 0 Å². The second-order valence-corrected chi connectivity index (χ2v) is 8.51. The zero-order chi connectivity index (χ0) is 12.4. The van der Waals surface area contributed by atoms with E-state index in [1.807, 2.05) is 0 Å². The van der Waals surface area contributed by atoms with Crippen molar-refractivity contribution in [1.82, 2.24) is 0 Å². The van der Waals surface area contributed by atoms with E-state index in [2.05, 4.69) is 34.6 Å². The van der Waals surface area contributed by atoms with Crippen LogP contribution in [0.25, 0.3) is 0 Å². The molecule has 3 saturated carbocycles. The van der Waals surface area contributed by atoms with Crippen LogP contribution >= 0.6 is 0 Å². The largest absolute Gasteiger partial charge is 0.0622 e. The number of fused-ring (bicyclic) bond motifs is 5. The lowest BCUT2D eigenvalue weighted by Gasteiger charge is -2.52. The van der Waals surface area contributed by atoms with Crippen molar-refractivity contribution in [2.24, 2.45) is 40.4 Å². The standard InChI is InChI=1S/C17H30/c1-11(2)17(16(3,4)5)9-8-14-12-6-7-13(10-12)15(14)17/h11-15H,6-10H2,1-5H3. The van der Waals surface area contributed by atoms with Gasteiger partial charge in [0.25, 0.3) is 0 Å². The molecule has 0 heteroatoms. The van der Waals surface area contributed by atoms with Gasteiger partial charge in [-0.3, -0.25) is 0 Å². The van der Waals surface area contributed by atoms with Crippen molar-refractivity contribution in [2.45, 2.75) is 66.7 Å². The zero-order valence-electron chi connectivity index (χ0n) is 12.4. The van der Waals surface area contributed by atoms with Crippen LogP contribution < -0.4 is 0 Å². The molecule has 98 valence electrons. The van der Waals surface area contributed by atoms with Gasteiger partial charge in [0.15, 0.2) is 0 Å². The fourth-order valence-corrected chi connectivity index (χ4v) is 6.62. The summed E-state index contributed by atoms with van der Waals surface area (Å²) >= 11 is 0. The first-order chi connectivity index (χ1) is 7.88. The molecule has 0 aromatic rings. The molecule has 3 rings (SSSR count). The van der Waals surface area contributed by atoms with E-state index in [9.17, 15) is 0 Å². The predicted molar refractivity (Wildman–Crippen MR) is 73.8 cm³/mol. The lowest BCUT2D eigenvalue weighted by atomic mass is 9.52. The molecule has 3 aliphatic rings. The molecule has 3 fully saturated rings. The first-order valence-electron chi connectivity index (χ1n) is 7.88. The maximum Gasteiger partial charge on any atom is -0.0192 e. The van der Waals surface area contributed by atoms with Crippen molar-refractivity contribution < 1.29 is 0 Å². The summed E-state index contributed by atoms with van der Waals surface area (Å²) in [5.41, 5.74) is 1.13. The average Bonchev–Trinajstić information content (AvgIpc) is 2.87. The third-order valence-electron chi connectivity index (χ3n) is 7.00. The normalized spacial score (nSPS) is 49.1. The summed E-state index contributed by atoms with van der Waals surface area (Å²) < 4.78 is 0. The van der Waals surface area contributed by atoms with E-state index < -0.39 is 0 Å². The molecule has 0 aromatic carbocycles. The van der Waals surface area contributed by atoms with Crippen molar-refractivity contribution in [3.05, 3.63) is 0 Å². The van der Waals surface area contributed by atoms with Gasteiger partial charge in [-0.1, -0.05) is 34.6 Å².